The monoisotopic (exact) mass is 535 g/mol. The minimum atomic E-state index is -3.83. The van der Waals surface area contributed by atoms with E-state index in [1.165, 1.54) is 15.6 Å². The zero-order valence-electron chi connectivity index (χ0n) is 18.1. The van der Waals surface area contributed by atoms with Gasteiger partial charge in [0, 0.05) is 18.1 Å². The summed E-state index contributed by atoms with van der Waals surface area (Å²) in [6.45, 7) is 0.582. The molecule has 0 unspecified atom stereocenters. The summed E-state index contributed by atoms with van der Waals surface area (Å²) in [7, 11) is -3.83. The highest BCUT2D eigenvalue weighted by atomic mass is 35.5. The van der Waals surface area contributed by atoms with Crippen LogP contribution in [0.3, 0.4) is 0 Å². The Morgan fingerprint density at radius 2 is 1.79 bits per heavy atom. The Morgan fingerprint density at radius 1 is 1.03 bits per heavy atom. The Kier molecular flexibility index (Phi) is 7.95. The van der Waals surface area contributed by atoms with Gasteiger partial charge in [0.25, 0.3) is 0 Å². The molecule has 0 amide bonds. The maximum absolute atomic E-state index is 13.7. The number of aryl methyl sites for hydroxylation is 2. The molecule has 0 bridgehead atoms. The van der Waals surface area contributed by atoms with Gasteiger partial charge in [-0.3, -0.25) is 0 Å². The molecule has 34 heavy (non-hydrogen) atoms. The highest BCUT2D eigenvalue weighted by Gasteiger charge is 2.27. The normalized spacial score (nSPS) is 11.9. The van der Waals surface area contributed by atoms with Gasteiger partial charge >= 0.3 is 5.97 Å². The highest BCUT2D eigenvalue weighted by molar-refractivity contribution is 7.89. The lowest BCUT2D eigenvalue weighted by molar-refractivity contribution is 0.0701. The SMILES string of the molecule is O=C(O)c1sccc1CCCN(CCCc1cccc(Cl)c1)S(=O)(=O)c1cccc2nsnc12. The van der Waals surface area contributed by atoms with E-state index in [0.717, 1.165) is 22.9 Å². The van der Waals surface area contributed by atoms with Crippen LogP contribution in [0, 0.1) is 0 Å². The highest BCUT2D eigenvalue weighted by Crippen LogP contribution is 2.26. The third-order valence-corrected chi connectivity index (χ3v) is 9.08. The van der Waals surface area contributed by atoms with E-state index < -0.39 is 16.0 Å². The third-order valence-electron chi connectivity index (χ3n) is 5.42. The summed E-state index contributed by atoms with van der Waals surface area (Å²) in [5.41, 5.74) is 2.69. The van der Waals surface area contributed by atoms with Gasteiger partial charge in [0.15, 0.2) is 0 Å². The van der Waals surface area contributed by atoms with Gasteiger partial charge in [-0.1, -0.05) is 29.8 Å². The van der Waals surface area contributed by atoms with Gasteiger partial charge in [-0.2, -0.15) is 13.1 Å². The van der Waals surface area contributed by atoms with Crippen molar-refractivity contribution < 1.29 is 18.3 Å². The Balaban J connectivity index is 1.53. The van der Waals surface area contributed by atoms with E-state index in [9.17, 15) is 18.3 Å². The number of benzene rings is 2. The summed E-state index contributed by atoms with van der Waals surface area (Å²) in [6, 6.07) is 14.3. The zero-order chi connectivity index (χ0) is 24.1. The molecule has 0 aliphatic heterocycles. The van der Waals surface area contributed by atoms with Crippen LogP contribution in [0.5, 0.6) is 0 Å². The smallest absolute Gasteiger partial charge is 0.346 e. The van der Waals surface area contributed by atoms with Crippen molar-refractivity contribution in [1.29, 1.82) is 0 Å². The molecular formula is C23H22ClN3O4S3. The summed E-state index contributed by atoms with van der Waals surface area (Å²) < 4.78 is 37.2. The third kappa shape index (κ3) is 5.64. The molecule has 0 aliphatic rings. The van der Waals surface area contributed by atoms with Crippen LogP contribution in [0.4, 0.5) is 0 Å². The molecule has 0 saturated heterocycles. The molecule has 0 saturated carbocycles. The fraction of sp³-hybridized carbons (Fsp3) is 0.261. The molecule has 0 spiro atoms. The molecule has 0 atom stereocenters. The van der Waals surface area contributed by atoms with Crippen LogP contribution in [0.1, 0.15) is 33.6 Å². The zero-order valence-corrected chi connectivity index (χ0v) is 21.3. The largest absolute Gasteiger partial charge is 0.477 e. The Morgan fingerprint density at radius 3 is 2.56 bits per heavy atom. The molecule has 0 fully saturated rings. The topological polar surface area (TPSA) is 100 Å². The van der Waals surface area contributed by atoms with Gasteiger partial charge in [-0.15, -0.1) is 11.3 Å². The number of aromatic carboxylic acids is 1. The van der Waals surface area contributed by atoms with Crippen molar-refractivity contribution in [2.75, 3.05) is 13.1 Å². The van der Waals surface area contributed by atoms with Crippen LogP contribution in [0.2, 0.25) is 5.02 Å². The minimum Gasteiger partial charge on any atom is -0.477 e. The first-order valence-corrected chi connectivity index (χ1v) is 14.0. The Bertz CT molecular complexity index is 1400. The summed E-state index contributed by atoms with van der Waals surface area (Å²) in [5.74, 6) is -0.960. The van der Waals surface area contributed by atoms with Gasteiger partial charge in [0.1, 0.15) is 20.8 Å². The molecule has 2 heterocycles. The lowest BCUT2D eigenvalue weighted by Crippen LogP contribution is -2.33. The molecule has 178 valence electrons. The average molecular weight is 536 g/mol. The maximum Gasteiger partial charge on any atom is 0.346 e. The molecule has 1 N–H and O–H groups in total. The van der Waals surface area contributed by atoms with Crippen molar-refractivity contribution in [3.05, 3.63) is 74.9 Å². The number of halogens is 1. The summed E-state index contributed by atoms with van der Waals surface area (Å²) in [4.78, 5) is 11.8. The standard InChI is InChI=1S/C23H22ClN3O4S3/c24-18-8-1-5-16(15-18)6-3-12-27(13-4-7-17-11-14-32-22(17)23(28)29)34(30,31)20-10-2-9-19-21(20)26-33-25-19/h1-2,5,8-11,14-15H,3-4,6-7,12-13H2,(H,28,29). The van der Waals surface area contributed by atoms with E-state index in [1.807, 2.05) is 18.2 Å². The number of aromatic nitrogens is 2. The number of rotatable bonds is 11. The number of thiophene rings is 1. The van der Waals surface area contributed by atoms with Crippen molar-refractivity contribution in [3.8, 4) is 0 Å². The first-order valence-electron chi connectivity index (χ1n) is 10.6. The molecule has 7 nitrogen and oxygen atoms in total. The van der Waals surface area contributed by atoms with Crippen LogP contribution < -0.4 is 0 Å². The second-order valence-electron chi connectivity index (χ2n) is 7.71. The number of hydrogen-bond acceptors (Lipinski definition) is 7. The van der Waals surface area contributed by atoms with Crippen molar-refractivity contribution in [3.63, 3.8) is 0 Å². The van der Waals surface area contributed by atoms with E-state index in [-0.39, 0.29) is 11.4 Å². The predicted molar refractivity (Wildman–Crippen MR) is 136 cm³/mol. The molecule has 0 aliphatic carbocycles. The lowest BCUT2D eigenvalue weighted by Gasteiger charge is -2.22. The number of fused-ring (bicyclic) bond motifs is 1. The van der Waals surface area contributed by atoms with Crippen molar-refractivity contribution in [1.82, 2.24) is 13.1 Å². The van der Waals surface area contributed by atoms with Gasteiger partial charge in [0.2, 0.25) is 10.0 Å². The first kappa shape index (κ1) is 24.7. The van der Waals surface area contributed by atoms with E-state index in [0.29, 0.717) is 53.2 Å². The number of carbonyl (C=O) groups is 1. The minimum absolute atomic E-state index is 0.142. The van der Waals surface area contributed by atoms with E-state index in [2.05, 4.69) is 8.75 Å². The van der Waals surface area contributed by atoms with Crippen molar-refractivity contribution in [2.24, 2.45) is 0 Å². The molecule has 4 aromatic rings. The number of nitrogens with zero attached hydrogens (tertiary/aromatic N) is 3. The van der Waals surface area contributed by atoms with Crippen molar-refractivity contribution >= 4 is 61.7 Å². The molecule has 2 aromatic carbocycles. The number of hydrogen-bond donors (Lipinski definition) is 1. The quantitative estimate of drug-likeness (QED) is 0.277. The van der Waals surface area contributed by atoms with Crippen LogP contribution in [-0.2, 0) is 22.9 Å². The maximum atomic E-state index is 13.7. The number of carboxylic acid groups (broad SMARTS) is 1. The van der Waals surface area contributed by atoms with Gasteiger partial charge in [-0.05, 0) is 72.5 Å². The Labute approximate surface area is 211 Å². The fourth-order valence-corrected chi connectivity index (χ4v) is 7.07. The summed E-state index contributed by atoms with van der Waals surface area (Å²) in [5, 5.41) is 11.7. The molecule has 2 aromatic heterocycles. The van der Waals surface area contributed by atoms with Gasteiger partial charge in [-0.25, -0.2) is 13.2 Å². The molecular weight excluding hydrogens is 514 g/mol. The molecule has 11 heteroatoms. The summed E-state index contributed by atoms with van der Waals surface area (Å²) >= 11 is 8.24. The van der Waals surface area contributed by atoms with Gasteiger partial charge in [0.05, 0.1) is 11.7 Å². The van der Waals surface area contributed by atoms with Crippen LogP contribution >= 0.6 is 34.7 Å². The van der Waals surface area contributed by atoms with E-state index in [4.69, 9.17) is 11.6 Å². The average Bonchev–Trinajstić information content (AvgIpc) is 3.47. The number of sulfonamides is 1. The Hall–Kier alpha value is -2.37. The molecule has 0 radical (unpaired) electrons. The van der Waals surface area contributed by atoms with Crippen LogP contribution in [0.15, 0.2) is 58.8 Å². The van der Waals surface area contributed by atoms with E-state index >= 15 is 0 Å². The second-order valence-corrected chi connectivity index (χ2v) is 11.5. The van der Waals surface area contributed by atoms with Gasteiger partial charge < -0.3 is 5.11 Å². The number of carboxylic acids is 1. The molecule has 4 rings (SSSR count). The first-order chi connectivity index (χ1) is 16.4. The van der Waals surface area contributed by atoms with Crippen LogP contribution in [0.25, 0.3) is 11.0 Å². The van der Waals surface area contributed by atoms with Crippen molar-refractivity contribution in [2.45, 2.75) is 30.6 Å². The predicted octanol–water partition coefficient (Wildman–Crippen LogP) is 5.36. The van der Waals surface area contributed by atoms with Crippen LogP contribution in [-0.4, -0.2) is 45.6 Å². The summed E-state index contributed by atoms with van der Waals surface area (Å²) in [6.07, 6.45) is 2.28. The lowest BCUT2D eigenvalue weighted by atomic mass is 10.1. The fourth-order valence-electron chi connectivity index (χ4n) is 3.80. The second kappa shape index (κ2) is 10.9. The van der Waals surface area contributed by atoms with E-state index in [1.54, 1.807) is 35.7 Å².